The van der Waals surface area contributed by atoms with Crippen molar-refractivity contribution in [2.75, 3.05) is 6.61 Å². The van der Waals surface area contributed by atoms with E-state index in [0.717, 1.165) is 17.7 Å². The van der Waals surface area contributed by atoms with Gasteiger partial charge >= 0.3 is 0 Å². The van der Waals surface area contributed by atoms with Crippen molar-refractivity contribution < 1.29 is 5.11 Å². The summed E-state index contributed by atoms with van der Waals surface area (Å²) in [4.78, 5) is 1.10. The van der Waals surface area contributed by atoms with Gasteiger partial charge in [-0.25, -0.2) is 0 Å². The first kappa shape index (κ1) is 8.32. The highest BCUT2D eigenvalue weighted by Crippen LogP contribution is 2.05. The third-order valence-corrected chi connectivity index (χ3v) is 1.98. The van der Waals surface area contributed by atoms with Crippen LogP contribution < -0.4 is 0 Å². The van der Waals surface area contributed by atoms with Crippen molar-refractivity contribution in [2.45, 2.75) is 12.8 Å². The number of thiophene rings is 1. The summed E-state index contributed by atoms with van der Waals surface area (Å²) in [6.45, 7) is 0.235. The fraction of sp³-hybridized carbons (Fsp3) is 0.333. The minimum absolute atomic E-state index is 0.235. The fourth-order valence-corrected chi connectivity index (χ4v) is 1.26. The summed E-state index contributed by atoms with van der Waals surface area (Å²) < 4.78 is 0. The Bertz CT molecular complexity index is 240. The maximum Gasteiger partial charge on any atom is 0.0768 e. The lowest BCUT2D eigenvalue weighted by Gasteiger charge is -1.82. The van der Waals surface area contributed by atoms with Gasteiger partial charge in [-0.05, 0) is 17.9 Å². The number of rotatable bonds is 2. The van der Waals surface area contributed by atoms with Gasteiger partial charge in [-0.3, -0.25) is 0 Å². The summed E-state index contributed by atoms with van der Waals surface area (Å²) in [5, 5.41) is 10.5. The molecule has 0 spiro atoms. The van der Waals surface area contributed by atoms with Crippen LogP contribution in [-0.4, -0.2) is 11.7 Å². The average molecular weight is 166 g/mol. The Kier molecular flexibility index (Phi) is 3.74. The first-order valence-corrected chi connectivity index (χ1v) is 4.44. The van der Waals surface area contributed by atoms with Gasteiger partial charge in [0.1, 0.15) is 0 Å². The Morgan fingerprint density at radius 3 is 3.09 bits per heavy atom. The van der Waals surface area contributed by atoms with E-state index in [0.29, 0.717) is 0 Å². The smallest absolute Gasteiger partial charge is 0.0768 e. The van der Waals surface area contributed by atoms with E-state index < -0.39 is 0 Å². The molecule has 0 bridgehead atoms. The van der Waals surface area contributed by atoms with Crippen molar-refractivity contribution in [1.29, 1.82) is 0 Å². The van der Waals surface area contributed by atoms with Gasteiger partial charge in [-0.1, -0.05) is 17.9 Å². The van der Waals surface area contributed by atoms with E-state index >= 15 is 0 Å². The summed E-state index contributed by atoms with van der Waals surface area (Å²) in [6, 6.07) is 3.98. The molecule has 1 nitrogen and oxygen atoms in total. The highest BCUT2D eigenvalue weighted by molar-refractivity contribution is 7.10. The van der Waals surface area contributed by atoms with E-state index in [2.05, 4.69) is 11.8 Å². The van der Waals surface area contributed by atoms with Crippen molar-refractivity contribution >= 4 is 11.3 Å². The Labute approximate surface area is 70.7 Å². The van der Waals surface area contributed by atoms with Crippen molar-refractivity contribution in [3.63, 3.8) is 0 Å². The van der Waals surface area contributed by atoms with Gasteiger partial charge in [-0.2, -0.15) is 0 Å². The summed E-state index contributed by atoms with van der Waals surface area (Å²) in [5.74, 6) is 6.01. The van der Waals surface area contributed by atoms with E-state index in [4.69, 9.17) is 5.11 Å². The van der Waals surface area contributed by atoms with Crippen molar-refractivity contribution in [1.82, 2.24) is 0 Å². The molecular formula is C9H10OS. The Morgan fingerprint density at radius 1 is 1.55 bits per heavy atom. The second kappa shape index (κ2) is 4.95. The zero-order chi connectivity index (χ0) is 7.94. The lowest BCUT2D eigenvalue weighted by Crippen LogP contribution is -1.78. The Hall–Kier alpha value is -0.780. The van der Waals surface area contributed by atoms with Crippen LogP contribution in [0.5, 0.6) is 0 Å². The Morgan fingerprint density at radius 2 is 2.45 bits per heavy atom. The van der Waals surface area contributed by atoms with Gasteiger partial charge in [0, 0.05) is 13.0 Å². The van der Waals surface area contributed by atoms with Gasteiger partial charge in [-0.15, -0.1) is 11.3 Å². The molecule has 0 amide bonds. The van der Waals surface area contributed by atoms with Gasteiger partial charge in [0.2, 0.25) is 0 Å². The third-order valence-electron chi connectivity index (χ3n) is 1.19. The molecule has 58 valence electrons. The monoisotopic (exact) mass is 166 g/mol. The molecule has 0 aliphatic carbocycles. The number of aliphatic hydroxyl groups excluding tert-OH is 1. The Balaban J connectivity index is 2.33. The van der Waals surface area contributed by atoms with Crippen LogP contribution in [0.15, 0.2) is 17.5 Å². The van der Waals surface area contributed by atoms with E-state index in [1.165, 1.54) is 0 Å². The third kappa shape index (κ3) is 3.22. The van der Waals surface area contributed by atoms with Crippen LogP contribution in [-0.2, 0) is 0 Å². The molecule has 0 aliphatic rings. The number of unbranched alkanes of at least 4 members (excludes halogenated alkanes) is 1. The quantitative estimate of drug-likeness (QED) is 0.525. The molecule has 0 unspecified atom stereocenters. The first-order valence-electron chi connectivity index (χ1n) is 3.56. The van der Waals surface area contributed by atoms with Crippen LogP contribution in [0.3, 0.4) is 0 Å². The average Bonchev–Trinajstić information content (AvgIpc) is 2.50. The molecule has 11 heavy (non-hydrogen) atoms. The van der Waals surface area contributed by atoms with Crippen molar-refractivity contribution in [2.24, 2.45) is 0 Å². The molecule has 1 aromatic rings. The van der Waals surface area contributed by atoms with Gasteiger partial charge in [0.25, 0.3) is 0 Å². The standard InChI is InChI=1S/C9H10OS/c10-7-3-1-2-5-9-6-4-8-11-9/h4,6,8,10H,1,3,7H2. The zero-order valence-electron chi connectivity index (χ0n) is 6.21. The summed E-state index contributed by atoms with van der Waals surface area (Å²) in [5.41, 5.74) is 0. The highest BCUT2D eigenvalue weighted by Gasteiger charge is 1.83. The van der Waals surface area contributed by atoms with E-state index in [-0.39, 0.29) is 6.61 Å². The lowest BCUT2D eigenvalue weighted by molar-refractivity contribution is 0.290. The highest BCUT2D eigenvalue weighted by atomic mass is 32.1. The number of hydrogen-bond acceptors (Lipinski definition) is 2. The molecule has 1 aromatic heterocycles. The van der Waals surface area contributed by atoms with Gasteiger partial charge in [0.05, 0.1) is 4.88 Å². The topological polar surface area (TPSA) is 20.2 Å². The predicted octanol–water partition coefficient (Wildman–Crippen LogP) is 1.87. The number of hydrogen-bond donors (Lipinski definition) is 1. The molecular weight excluding hydrogens is 156 g/mol. The van der Waals surface area contributed by atoms with Crippen LogP contribution >= 0.6 is 11.3 Å². The normalized spacial score (nSPS) is 8.82. The predicted molar refractivity (Wildman–Crippen MR) is 47.5 cm³/mol. The van der Waals surface area contributed by atoms with Crippen LogP contribution in [0.4, 0.5) is 0 Å². The fourth-order valence-electron chi connectivity index (χ4n) is 0.667. The van der Waals surface area contributed by atoms with Crippen LogP contribution in [0.25, 0.3) is 0 Å². The zero-order valence-corrected chi connectivity index (χ0v) is 7.03. The van der Waals surface area contributed by atoms with Crippen LogP contribution in [0, 0.1) is 11.8 Å². The van der Waals surface area contributed by atoms with Crippen molar-refractivity contribution in [3.05, 3.63) is 22.4 Å². The summed E-state index contributed by atoms with van der Waals surface area (Å²) >= 11 is 1.64. The minimum Gasteiger partial charge on any atom is -0.396 e. The molecule has 0 fully saturated rings. The molecule has 0 aliphatic heterocycles. The molecule has 0 aromatic carbocycles. The second-order valence-corrected chi connectivity index (χ2v) is 3.05. The van der Waals surface area contributed by atoms with E-state index in [1.54, 1.807) is 11.3 Å². The minimum atomic E-state index is 0.235. The molecule has 0 saturated heterocycles. The van der Waals surface area contributed by atoms with Crippen molar-refractivity contribution in [3.8, 4) is 11.8 Å². The molecule has 1 N–H and O–H groups in total. The molecule has 1 heterocycles. The maximum atomic E-state index is 8.46. The SMILES string of the molecule is OCCCC#Cc1cccs1. The van der Waals surface area contributed by atoms with Gasteiger partial charge in [0.15, 0.2) is 0 Å². The van der Waals surface area contributed by atoms with Crippen LogP contribution in [0.1, 0.15) is 17.7 Å². The largest absolute Gasteiger partial charge is 0.396 e. The number of aliphatic hydroxyl groups is 1. The first-order chi connectivity index (χ1) is 5.43. The molecule has 1 rings (SSSR count). The van der Waals surface area contributed by atoms with E-state index in [1.807, 2.05) is 17.5 Å². The molecule has 0 atom stereocenters. The van der Waals surface area contributed by atoms with Gasteiger partial charge < -0.3 is 5.11 Å². The van der Waals surface area contributed by atoms with E-state index in [9.17, 15) is 0 Å². The summed E-state index contributed by atoms with van der Waals surface area (Å²) in [7, 11) is 0. The lowest BCUT2D eigenvalue weighted by atomic mass is 10.3. The second-order valence-electron chi connectivity index (χ2n) is 2.11. The molecule has 2 heteroatoms. The summed E-state index contributed by atoms with van der Waals surface area (Å²) in [6.07, 6.45) is 1.56. The maximum absolute atomic E-state index is 8.46. The van der Waals surface area contributed by atoms with Crippen LogP contribution in [0.2, 0.25) is 0 Å². The molecule has 0 radical (unpaired) electrons. The molecule has 0 saturated carbocycles.